The van der Waals surface area contributed by atoms with Crippen molar-refractivity contribution in [2.75, 3.05) is 40.0 Å². The summed E-state index contributed by atoms with van der Waals surface area (Å²) >= 11 is 0. The molecular weight excluding hydrogens is 228 g/mol. The minimum absolute atomic E-state index is 0.177. The van der Waals surface area contributed by atoms with E-state index >= 15 is 0 Å². The second kappa shape index (κ2) is 7.43. The summed E-state index contributed by atoms with van der Waals surface area (Å²) in [4.78, 5) is 2.46. The Morgan fingerprint density at radius 1 is 1.50 bits per heavy atom. The lowest BCUT2D eigenvalue weighted by molar-refractivity contribution is 0.0583. The Bertz CT molecular complexity index is 234. The maximum absolute atomic E-state index is 9.62. The minimum Gasteiger partial charge on any atom is -0.394 e. The molecule has 0 aromatic heterocycles. The van der Waals surface area contributed by atoms with Gasteiger partial charge in [0.25, 0.3) is 0 Å². The predicted octanol–water partition coefficient (Wildman–Crippen LogP) is 1.09. The van der Waals surface area contributed by atoms with Crippen LogP contribution in [0.3, 0.4) is 0 Å². The van der Waals surface area contributed by atoms with Crippen LogP contribution in [0.25, 0.3) is 0 Å². The van der Waals surface area contributed by atoms with Crippen LogP contribution in [0.15, 0.2) is 0 Å². The number of rotatable bonds is 7. The number of likely N-dealkylation sites (tertiary alicyclic amines) is 1. The Hall–Kier alpha value is -0.160. The lowest BCUT2D eigenvalue weighted by Crippen LogP contribution is -2.57. The van der Waals surface area contributed by atoms with Gasteiger partial charge in [-0.15, -0.1) is 0 Å². The summed E-state index contributed by atoms with van der Waals surface area (Å²) in [5.41, 5.74) is -0.205. The van der Waals surface area contributed by atoms with Gasteiger partial charge in [0.1, 0.15) is 0 Å². The van der Waals surface area contributed by atoms with E-state index in [0.29, 0.717) is 12.0 Å². The molecule has 1 fully saturated rings. The molecule has 0 aliphatic carbocycles. The number of nitrogens with zero attached hydrogens (tertiary/aromatic N) is 1. The smallest absolute Gasteiger partial charge is 0.0623 e. The molecule has 1 rings (SSSR count). The van der Waals surface area contributed by atoms with Crippen molar-refractivity contribution in [2.45, 2.75) is 45.2 Å². The molecule has 1 aliphatic heterocycles. The highest BCUT2D eigenvalue weighted by Crippen LogP contribution is 2.19. The van der Waals surface area contributed by atoms with Gasteiger partial charge in [-0.05, 0) is 32.2 Å². The summed E-state index contributed by atoms with van der Waals surface area (Å²) in [6.07, 6.45) is 2.50. The van der Waals surface area contributed by atoms with Gasteiger partial charge in [-0.3, -0.25) is 0 Å². The van der Waals surface area contributed by atoms with Gasteiger partial charge < -0.3 is 20.1 Å². The summed E-state index contributed by atoms with van der Waals surface area (Å²) in [6, 6.07) is 0.390. The van der Waals surface area contributed by atoms with E-state index in [9.17, 15) is 5.11 Å². The van der Waals surface area contributed by atoms with Crippen molar-refractivity contribution in [3.63, 3.8) is 0 Å². The van der Waals surface area contributed by atoms with Gasteiger partial charge in [0.2, 0.25) is 0 Å². The molecule has 0 spiro atoms. The van der Waals surface area contributed by atoms with Crippen LogP contribution in [0, 0.1) is 5.92 Å². The third-order valence-electron chi connectivity index (χ3n) is 3.56. The first kappa shape index (κ1) is 15.9. The lowest BCUT2D eigenvalue weighted by atomic mass is 9.95. The zero-order valence-corrected chi connectivity index (χ0v) is 12.4. The molecule has 2 atom stereocenters. The first-order chi connectivity index (χ1) is 8.49. The molecule has 108 valence electrons. The average Bonchev–Trinajstić information content (AvgIpc) is 2.28. The molecule has 0 aromatic carbocycles. The van der Waals surface area contributed by atoms with Crippen LogP contribution in [-0.4, -0.2) is 61.5 Å². The van der Waals surface area contributed by atoms with E-state index in [4.69, 9.17) is 4.74 Å². The van der Waals surface area contributed by atoms with Crippen molar-refractivity contribution in [1.82, 2.24) is 10.2 Å². The molecule has 0 amide bonds. The third-order valence-corrected chi connectivity index (χ3v) is 3.56. The average molecular weight is 258 g/mol. The van der Waals surface area contributed by atoms with Crippen molar-refractivity contribution in [2.24, 2.45) is 5.92 Å². The number of aliphatic hydroxyl groups excluding tert-OH is 1. The van der Waals surface area contributed by atoms with Gasteiger partial charge in [-0.2, -0.15) is 0 Å². The highest BCUT2D eigenvalue weighted by molar-refractivity contribution is 4.89. The van der Waals surface area contributed by atoms with Gasteiger partial charge >= 0.3 is 0 Å². The van der Waals surface area contributed by atoms with Crippen LogP contribution in [0.4, 0.5) is 0 Å². The molecule has 1 saturated heterocycles. The number of aliphatic hydroxyl groups is 1. The van der Waals surface area contributed by atoms with Crippen LogP contribution in [0.5, 0.6) is 0 Å². The molecule has 18 heavy (non-hydrogen) atoms. The fraction of sp³-hybridized carbons (Fsp3) is 1.00. The van der Waals surface area contributed by atoms with Gasteiger partial charge in [0.05, 0.1) is 18.8 Å². The summed E-state index contributed by atoms with van der Waals surface area (Å²) in [6.45, 7) is 10.5. The normalized spacial score (nSPS) is 25.3. The van der Waals surface area contributed by atoms with Crippen molar-refractivity contribution in [1.29, 1.82) is 0 Å². The van der Waals surface area contributed by atoms with E-state index in [1.165, 1.54) is 12.8 Å². The molecular formula is C14H30N2O2. The number of piperidine rings is 1. The number of nitrogens with one attached hydrogen (secondary N) is 1. The quantitative estimate of drug-likeness (QED) is 0.717. The summed E-state index contributed by atoms with van der Waals surface area (Å²) in [7, 11) is 1.77. The molecule has 0 radical (unpaired) electrons. The standard InChI is InChI=1S/C14H30N2O2/c1-12(2)15-14(3,11-17)10-16-7-5-6-13(8-16)9-18-4/h12-13,15,17H,5-11H2,1-4H3. The number of hydrogen-bond acceptors (Lipinski definition) is 4. The van der Waals surface area contributed by atoms with E-state index in [2.05, 4.69) is 31.0 Å². The Kier molecular flexibility index (Phi) is 6.57. The second-order valence-electron chi connectivity index (χ2n) is 6.22. The highest BCUT2D eigenvalue weighted by atomic mass is 16.5. The molecule has 0 bridgehead atoms. The minimum atomic E-state index is -0.205. The topological polar surface area (TPSA) is 44.7 Å². The van der Waals surface area contributed by atoms with Gasteiger partial charge in [-0.1, -0.05) is 13.8 Å². The molecule has 1 aliphatic rings. The molecule has 2 unspecified atom stereocenters. The summed E-state index contributed by atoms with van der Waals surface area (Å²) in [5.74, 6) is 0.644. The Labute approximate surface area is 112 Å². The van der Waals surface area contributed by atoms with Crippen LogP contribution < -0.4 is 5.32 Å². The van der Waals surface area contributed by atoms with Crippen LogP contribution in [-0.2, 0) is 4.74 Å². The van der Waals surface area contributed by atoms with Gasteiger partial charge in [0.15, 0.2) is 0 Å². The molecule has 0 aromatic rings. The van der Waals surface area contributed by atoms with E-state index < -0.39 is 0 Å². The molecule has 0 saturated carbocycles. The Morgan fingerprint density at radius 2 is 2.22 bits per heavy atom. The second-order valence-corrected chi connectivity index (χ2v) is 6.22. The first-order valence-electron chi connectivity index (χ1n) is 7.09. The number of hydrogen-bond donors (Lipinski definition) is 2. The summed E-state index contributed by atoms with van der Waals surface area (Å²) in [5, 5.41) is 13.1. The van der Waals surface area contributed by atoms with Crippen molar-refractivity contribution in [3.05, 3.63) is 0 Å². The van der Waals surface area contributed by atoms with Crippen LogP contribution in [0.2, 0.25) is 0 Å². The van der Waals surface area contributed by atoms with Crippen molar-refractivity contribution < 1.29 is 9.84 Å². The monoisotopic (exact) mass is 258 g/mol. The largest absolute Gasteiger partial charge is 0.394 e. The van der Waals surface area contributed by atoms with Gasteiger partial charge in [-0.25, -0.2) is 0 Å². The zero-order valence-electron chi connectivity index (χ0n) is 12.4. The van der Waals surface area contributed by atoms with E-state index in [-0.39, 0.29) is 12.1 Å². The van der Waals surface area contributed by atoms with Crippen LogP contribution >= 0.6 is 0 Å². The Balaban J connectivity index is 2.48. The molecule has 4 nitrogen and oxygen atoms in total. The maximum Gasteiger partial charge on any atom is 0.0623 e. The fourth-order valence-corrected chi connectivity index (χ4v) is 3.00. The van der Waals surface area contributed by atoms with E-state index in [1.54, 1.807) is 7.11 Å². The zero-order chi connectivity index (χ0) is 13.6. The highest BCUT2D eigenvalue weighted by Gasteiger charge is 2.29. The third kappa shape index (κ3) is 5.22. The SMILES string of the molecule is COCC1CCCN(CC(C)(CO)NC(C)C)C1. The van der Waals surface area contributed by atoms with Crippen molar-refractivity contribution >= 4 is 0 Å². The molecule has 4 heteroatoms. The van der Waals surface area contributed by atoms with Crippen molar-refractivity contribution in [3.8, 4) is 0 Å². The molecule has 1 heterocycles. The first-order valence-corrected chi connectivity index (χ1v) is 7.09. The number of ether oxygens (including phenoxy) is 1. The van der Waals surface area contributed by atoms with Crippen LogP contribution in [0.1, 0.15) is 33.6 Å². The maximum atomic E-state index is 9.62. The number of methoxy groups -OCH3 is 1. The van der Waals surface area contributed by atoms with Gasteiger partial charge in [0, 0.05) is 26.2 Å². The van der Waals surface area contributed by atoms with E-state index in [1.807, 2.05) is 0 Å². The predicted molar refractivity (Wildman–Crippen MR) is 74.8 cm³/mol. The fourth-order valence-electron chi connectivity index (χ4n) is 3.00. The lowest BCUT2D eigenvalue weighted by Gasteiger charge is -2.40. The molecule has 2 N–H and O–H groups in total. The van der Waals surface area contributed by atoms with E-state index in [0.717, 1.165) is 26.2 Å². The Morgan fingerprint density at radius 3 is 2.78 bits per heavy atom. The summed E-state index contributed by atoms with van der Waals surface area (Å²) < 4.78 is 5.26.